The third-order valence-corrected chi connectivity index (χ3v) is 8.33. The van der Waals surface area contributed by atoms with E-state index in [1.165, 1.54) is 10.9 Å². The molecule has 1 aliphatic heterocycles. The fourth-order valence-corrected chi connectivity index (χ4v) is 6.57. The van der Waals surface area contributed by atoms with Crippen molar-refractivity contribution in [1.29, 1.82) is 0 Å². The van der Waals surface area contributed by atoms with E-state index in [0.717, 1.165) is 33.5 Å². The zero-order chi connectivity index (χ0) is 21.8. The molecule has 0 saturated heterocycles. The Morgan fingerprint density at radius 2 is 1.61 bits per heavy atom. The maximum atomic E-state index is 13.9. The van der Waals surface area contributed by atoms with Crippen LogP contribution in [0.3, 0.4) is 0 Å². The summed E-state index contributed by atoms with van der Waals surface area (Å²) in [6.07, 6.45) is 0.686. The lowest BCUT2D eigenvalue weighted by Crippen LogP contribution is -2.40. The molecular weight excluding hydrogens is 404 g/mol. The van der Waals surface area contributed by atoms with E-state index < -0.39 is 10.0 Å². The van der Waals surface area contributed by atoms with E-state index in [0.29, 0.717) is 17.9 Å². The van der Waals surface area contributed by atoms with E-state index in [-0.39, 0.29) is 6.04 Å². The first-order valence-corrected chi connectivity index (χ1v) is 12.1. The van der Waals surface area contributed by atoms with Crippen molar-refractivity contribution in [2.24, 2.45) is 0 Å². The van der Waals surface area contributed by atoms with Crippen LogP contribution in [0.4, 0.5) is 0 Å². The molecule has 3 aromatic carbocycles. The van der Waals surface area contributed by atoms with Crippen molar-refractivity contribution in [3.8, 4) is 0 Å². The van der Waals surface area contributed by atoms with Crippen molar-refractivity contribution in [3.63, 3.8) is 0 Å². The number of H-pyrrole nitrogens is 1. The zero-order valence-electron chi connectivity index (χ0n) is 18.0. The molecule has 0 radical (unpaired) electrons. The lowest BCUT2D eigenvalue weighted by Gasteiger charge is -2.35. The largest absolute Gasteiger partial charge is 0.357 e. The fourth-order valence-electron chi connectivity index (χ4n) is 4.77. The molecule has 1 aromatic heterocycles. The van der Waals surface area contributed by atoms with Crippen LogP contribution in [0.25, 0.3) is 10.9 Å². The van der Waals surface area contributed by atoms with E-state index in [9.17, 15) is 8.42 Å². The summed E-state index contributed by atoms with van der Waals surface area (Å²) >= 11 is 0. The Morgan fingerprint density at radius 1 is 0.903 bits per heavy atom. The van der Waals surface area contributed by atoms with Gasteiger partial charge in [-0.2, -0.15) is 4.31 Å². The Balaban J connectivity index is 1.72. The molecule has 4 aromatic rings. The second-order valence-corrected chi connectivity index (χ2v) is 10.4. The number of aryl methyl sites for hydroxylation is 3. The van der Waals surface area contributed by atoms with Crippen molar-refractivity contribution >= 4 is 20.9 Å². The van der Waals surface area contributed by atoms with Crippen LogP contribution in [0.1, 0.15) is 39.6 Å². The minimum Gasteiger partial charge on any atom is -0.357 e. The van der Waals surface area contributed by atoms with Gasteiger partial charge in [-0.05, 0) is 56.0 Å². The van der Waals surface area contributed by atoms with Crippen LogP contribution < -0.4 is 0 Å². The van der Waals surface area contributed by atoms with E-state index in [1.807, 2.05) is 69.3 Å². The third kappa shape index (κ3) is 3.29. The number of para-hydroxylation sites is 1. The summed E-state index contributed by atoms with van der Waals surface area (Å²) in [5.74, 6) is 0. The first-order valence-electron chi connectivity index (χ1n) is 10.6. The van der Waals surface area contributed by atoms with E-state index in [4.69, 9.17) is 0 Å². The third-order valence-electron chi connectivity index (χ3n) is 6.30. The van der Waals surface area contributed by atoms with Crippen molar-refractivity contribution in [2.45, 2.75) is 38.1 Å². The van der Waals surface area contributed by atoms with Crippen LogP contribution in [-0.2, 0) is 16.4 Å². The topological polar surface area (TPSA) is 53.2 Å². The molecule has 0 spiro atoms. The van der Waals surface area contributed by atoms with Gasteiger partial charge in [-0.3, -0.25) is 0 Å². The summed E-state index contributed by atoms with van der Waals surface area (Å²) in [5, 5.41) is 1.18. The summed E-state index contributed by atoms with van der Waals surface area (Å²) in [6, 6.07) is 21.6. The summed E-state index contributed by atoms with van der Waals surface area (Å²) in [4.78, 5) is 3.93. The van der Waals surface area contributed by atoms with Crippen molar-refractivity contribution < 1.29 is 8.42 Å². The number of nitrogens with one attached hydrogen (secondary N) is 1. The number of fused-ring (bicyclic) bond motifs is 3. The summed E-state index contributed by atoms with van der Waals surface area (Å²) in [5.41, 5.74) is 7.22. The minimum atomic E-state index is -3.68. The van der Waals surface area contributed by atoms with Crippen LogP contribution >= 0.6 is 0 Å². The average Bonchev–Trinajstić information content (AvgIpc) is 3.12. The molecule has 0 bridgehead atoms. The van der Waals surface area contributed by atoms with E-state index >= 15 is 0 Å². The second-order valence-electron chi connectivity index (χ2n) is 8.51. The van der Waals surface area contributed by atoms with Gasteiger partial charge in [0.05, 0.1) is 10.9 Å². The molecular formula is C26H26N2O2S. The summed E-state index contributed by atoms with van der Waals surface area (Å²) in [6.45, 7) is 6.35. The van der Waals surface area contributed by atoms with Gasteiger partial charge < -0.3 is 4.98 Å². The Bertz CT molecular complexity index is 1380. The van der Waals surface area contributed by atoms with Gasteiger partial charge in [-0.25, -0.2) is 8.42 Å². The standard InChI is InChI=1S/C26H26N2O2S/c1-17-8-11-20(12-9-17)26-25-22(21-6-4-5-7-23(21)27-25)14-15-28(26)31(29,30)24-13-10-18(2)16-19(24)3/h4-13,16,26-27H,14-15H2,1-3H3/t26-/m0/s1. The Kier molecular flexibility index (Phi) is 4.76. The quantitative estimate of drug-likeness (QED) is 0.471. The number of nitrogens with zero attached hydrogens (tertiary/aromatic N) is 1. The highest BCUT2D eigenvalue weighted by Gasteiger charge is 2.39. The highest BCUT2D eigenvalue weighted by Crippen LogP contribution is 2.41. The van der Waals surface area contributed by atoms with Gasteiger partial charge in [0.1, 0.15) is 0 Å². The number of benzene rings is 3. The zero-order valence-corrected chi connectivity index (χ0v) is 18.8. The SMILES string of the molecule is Cc1ccc([C@H]2c3[nH]c4ccccc4c3CCN2S(=O)(=O)c2ccc(C)cc2C)cc1. The number of rotatable bonds is 3. The first-order chi connectivity index (χ1) is 14.9. The van der Waals surface area contributed by atoms with Gasteiger partial charge in [-0.15, -0.1) is 0 Å². The van der Waals surface area contributed by atoms with Gasteiger partial charge in [0.25, 0.3) is 0 Å². The monoisotopic (exact) mass is 430 g/mol. The lowest BCUT2D eigenvalue weighted by molar-refractivity contribution is 0.340. The van der Waals surface area contributed by atoms with Crippen LogP contribution in [-0.4, -0.2) is 24.3 Å². The number of sulfonamides is 1. The predicted molar refractivity (Wildman–Crippen MR) is 125 cm³/mol. The fraction of sp³-hybridized carbons (Fsp3) is 0.231. The smallest absolute Gasteiger partial charge is 0.244 e. The molecule has 4 nitrogen and oxygen atoms in total. The van der Waals surface area contributed by atoms with Gasteiger partial charge in [0, 0.05) is 23.1 Å². The molecule has 5 heteroatoms. The number of hydrogen-bond acceptors (Lipinski definition) is 2. The molecule has 2 heterocycles. The number of hydrogen-bond donors (Lipinski definition) is 1. The molecule has 158 valence electrons. The summed E-state index contributed by atoms with van der Waals surface area (Å²) < 4.78 is 29.5. The molecule has 1 aliphatic rings. The molecule has 5 rings (SSSR count). The highest BCUT2D eigenvalue weighted by atomic mass is 32.2. The predicted octanol–water partition coefficient (Wildman–Crippen LogP) is 5.43. The van der Waals surface area contributed by atoms with Crippen molar-refractivity contribution in [2.75, 3.05) is 6.54 Å². The second kappa shape index (κ2) is 7.36. The van der Waals surface area contributed by atoms with Crippen LogP contribution in [0, 0.1) is 20.8 Å². The number of aromatic nitrogens is 1. The minimum absolute atomic E-state index is 0.384. The Hall–Kier alpha value is -2.89. The average molecular weight is 431 g/mol. The Labute approximate surface area is 183 Å². The van der Waals surface area contributed by atoms with Crippen LogP contribution in [0.5, 0.6) is 0 Å². The van der Waals surface area contributed by atoms with E-state index in [1.54, 1.807) is 10.4 Å². The van der Waals surface area contributed by atoms with E-state index in [2.05, 4.69) is 17.1 Å². The number of aromatic amines is 1. The molecule has 0 aliphatic carbocycles. The Morgan fingerprint density at radius 3 is 2.35 bits per heavy atom. The molecule has 0 saturated carbocycles. The molecule has 31 heavy (non-hydrogen) atoms. The van der Waals surface area contributed by atoms with Gasteiger partial charge in [0.2, 0.25) is 10.0 Å². The van der Waals surface area contributed by atoms with Crippen molar-refractivity contribution in [1.82, 2.24) is 9.29 Å². The molecule has 1 N–H and O–H groups in total. The molecule has 1 atom stereocenters. The lowest BCUT2D eigenvalue weighted by atomic mass is 9.94. The van der Waals surface area contributed by atoms with Crippen molar-refractivity contribution in [3.05, 3.63) is 100 Å². The molecule has 0 fully saturated rings. The maximum Gasteiger partial charge on any atom is 0.244 e. The van der Waals surface area contributed by atoms with Gasteiger partial charge in [-0.1, -0.05) is 65.7 Å². The maximum absolute atomic E-state index is 13.9. The molecule has 0 unspecified atom stereocenters. The van der Waals surface area contributed by atoms with Gasteiger partial charge >= 0.3 is 0 Å². The van der Waals surface area contributed by atoms with Crippen LogP contribution in [0.15, 0.2) is 71.6 Å². The van der Waals surface area contributed by atoms with Gasteiger partial charge in [0.15, 0.2) is 0 Å². The van der Waals surface area contributed by atoms with Crippen LogP contribution in [0.2, 0.25) is 0 Å². The molecule has 0 amide bonds. The highest BCUT2D eigenvalue weighted by molar-refractivity contribution is 7.89. The summed E-state index contributed by atoms with van der Waals surface area (Å²) in [7, 11) is -3.68. The first kappa shape index (κ1) is 20.0. The normalized spacial score (nSPS) is 17.1.